The smallest absolute Gasteiger partial charge is 0.334 e. The van der Waals surface area contributed by atoms with E-state index in [1.807, 2.05) is 0 Å². The van der Waals surface area contributed by atoms with Gasteiger partial charge in [0.1, 0.15) is 12.4 Å². The van der Waals surface area contributed by atoms with Gasteiger partial charge < -0.3 is 4.74 Å². The lowest BCUT2D eigenvalue weighted by Gasteiger charge is -2.28. The Balaban J connectivity index is 1.62. The number of nitrogens with zero attached hydrogens (tertiary/aromatic N) is 2. The number of hydrogen-bond acceptors (Lipinski definition) is 4. The third kappa shape index (κ3) is 3.75. The minimum atomic E-state index is -0.795. The van der Waals surface area contributed by atoms with Gasteiger partial charge in [0.25, 0.3) is 0 Å². The van der Waals surface area contributed by atoms with E-state index in [1.165, 1.54) is 0 Å². The van der Waals surface area contributed by atoms with Gasteiger partial charge in [-0.25, -0.2) is 4.79 Å². The quantitative estimate of drug-likeness (QED) is 0.575. The molecule has 8 heteroatoms. The van der Waals surface area contributed by atoms with Crippen LogP contribution in [0.3, 0.4) is 0 Å². The number of ether oxygens (including phenoxy) is 1. The second-order valence-corrected chi connectivity index (χ2v) is 6.97. The van der Waals surface area contributed by atoms with Crippen LogP contribution >= 0.6 is 23.2 Å². The predicted octanol–water partition coefficient (Wildman–Crippen LogP) is 3.50. The largest absolute Gasteiger partial charge is 0.490 e. The highest BCUT2D eigenvalue weighted by Crippen LogP contribution is 2.29. The van der Waals surface area contributed by atoms with Crippen molar-refractivity contribution in [2.45, 2.75) is 38.1 Å². The van der Waals surface area contributed by atoms with Gasteiger partial charge in [-0.15, -0.1) is 0 Å². The summed E-state index contributed by atoms with van der Waals surface area (Å²) in [7, 11) is 0. The van der Waals surface area contributed by atoms with Crippen molar-refractivity contribution < 1.29 is 19.1 Å². The van der Waals surface area contributed by atoms with Gasteiger partial charge in [-0.3, -0.25) is 19.4 Å². The number of benzene rings is 1. The SMILES string of the molecule is O=C1C(=O)N(C2CCCCC2)C(=O)N1CCOc1cc(Cl)ccc1Cl. The van der Waals surface area contributed by atoms with Gasteiger partial charge in [0.05, 0.1) is 11.6 Å². The van der Waals surface area contributed by atoms with Crippen LogP contribution in [0.1, 0.15) is 32.1 Å². The Kier molecular flexibility index (Phi) is 5.49. The zero-order chi connectivity index (χ0) is 18.0. The van der Waals surface area contributed by atoms with Gasteiger partial charge in [-0.1, -0.05) is 42.5 Å². The average Bonchev–Trinajstić information content (AvgIpc) is 2.82. The molecule has 2 aliphatic rings. The Morgan fingerprint density at radius 2 is 1.76 bits per heavy atom. The van der Waals surface area contributed by atoms with Crippen LogP contribution in [0.5, 0.6) is 5.75 Å². The summed E-state index contributed by atoms with van der Waals surface area (Å²) < 4.78 is 5.50. The number of carbonyl (C=O) groups excluding carboxylic acids is 3. The Morgan fingerprint density at radius 3 is 2.48 bits per heavy atom. The maximum absolute atomic E-state index is 12.5. The van der Waals surface area contributed by atoms with E-state index >= 15 is 0 Å². The maximum Gasteiger partial charge on any atom is 0.334 e. The summed E-state index contributed by atoms with van der Waals surface area (Å²) in [6.45, 7) is 0.0127. The molecule has 0 aromatic heterocycles. The van der Waals surface area contributed by atoms with Crippen LogP contribution < -0.4 is 4.74 Å². The molecule has 0 N–H and O–H groups in total. The highest BCUT2D eigenvalue weighted by atomic mass is 35.5. The molecule has 1 aromatic carbocycles. The van der Waals surface area contributed by atoms with Crippen LogP contribution in [-0.4, -0.2) is 46.8 Å². The molecule has 1 aliphatic carbocycles. The lowest BCUT2D eigenvalue weighted by Crippen LogP contribution is -2.42. The average molecular weight is 385 g/mol. The standard InChI is InChI=1S/C17H18Cl2N2O4/c18-11-6-7-13(19)14(10-11)25-9-8-20-15(22)16(23)21(17(20)24)12-4-2-1-3-5-12/h6-7,10,12H,1-5,8-9H2. The van der Waals surface area contributed by atoms with Crippen LogP contribution in [-0.2, 0) is 9.59 Å². The third-order valence-corrected chi connectivity index (χ3v) is 5.04. The third-order valence-electron chi connectivity index (χ3n) is 4.49. The van der Waals surface area contributed by atoms with E-state index in [-0.39, 0.29) is 19.2 Å². The van der Waals surface area contributed by atoms with Crippen LogP contribution in [0.4, 0.5) is 4.79 Å². The van der Waals surface area contributed by atoms with Crippen molar-refractivity contribution in [3.8, 4) is 5.75 Å². The normalized spacial score (nSPS) is 19.0. The molecule has 25 heavy (non-hydrogen) atoms. The van der Waals surface area contributed by atoms with E-state index in [0.717, 1.165) is 41.9 Å². The van der Waals surface area contributed by atoms with Crippen molar-refractivity contribution in [1.82, 2.24) is 9.80 Å². The fourth-order valence-electron chi connectivity index (χ4n) is 3.22. The highest BCUT2D eigenvalue weighted by molar-refractivity contribution is 6.44. The molecule has 0 atom stereocenters. The maximum atomic E-state index is 12.5. The zero-order valence-corrected chi connectivity index (χ0v) is 15.1. The van der Waals surface area contributed by atoms with Crippen LogP contribution in [0, 0.1) is 0 Å². The molecule has 1 aliphatic heterocycles. The molecule has 6 nitrogen and oxygen atoms in total. The van der Waals surface area contributed by atoms with Gasteiger partial charge in [0.15, 0.2) is 0 Å². The molecule has 2 fully saturated rings. The molecular weight excluding hydrogens is 367 g/mol. The number of rotatable bonds is 5. The molecule has 4 amide bonds. The molecule has 0 unspecified atom stereocenters. The van der Waals surface area contributed by atoms with Crippen molar-refractivity contribution in [3.05, 3.63) is 28.2 Å². The number of amides is 4. The lowest BCUT2D eigenvalue weighted by molar-refractivity contribution is -0.144. The van der Waals surface area contributed by atoms with Crippen molar-refractivity contribution >= 4 is 41.0 Å². The Bertz CT molecular complexity index is 704. The number of halogens is 2. The first-order valence-electron chi connectivity index (χ1n) is 8.26. The lowest BCUT2D eigenvalue weighted by atomic mass is 9.94. The topological polar surface area (TPSA) is 66.9 Å². The van der Waals surface area contributed by atoms with E-state index in [4.69, 9.17) is 27.9 Å². The first-order chi connectivity index (χ1) is 12.0. The number of imide groups is 2. The minimum absolute atomic E-state index is 0.0184. The Morgan fingerprint density at radius 1 is 1.04 bits per heavy atom. The first-order valence-corrected chi connectivity index (χ1v) is 9.01. The molecule has 1 aromatic rings. The molecule has 3 rings (SSSR count). The van der Waals surface area contributed by atoms with Crippen LogP contribution in [0.15, 0.2) is 18.2 Å². The van der Waals surface area contributed by atoms with E-state index in [9.17, 15) is 14.4 Å². The van der Waals surface area contributed by atoms with E-state index in [0.29, 0.717) is 15.8 Å². The molecule has 134 valence electrons. The summed E-state index contributed by atoms with van der Waals surface area (Å²) >= 11 is 11.9. The molecule has 0 spiro atoms. The number of urea groups is 1. The second kappa shape index (κ2) is 7.62. The second-order valence-electron chi connectivity index (χ2n) is 6.13. The summed E-state index contributed by atoms with van der Waals surface area (Å²) in [6.07, 6.45) is 4.54. The van der Waals surface area contributed by atoms with Crippen LogP contribution in [0.2, 0.25) is 10.0 Å². The molecular formula is C17H18Cl2N2O4. The predicted molar refractivity (Wildman–Crippen MR) is 92.8 cm³/mol. The summed E-state index contributed by atoms with van der Waals surface area (Å²) in [5, 5.41) is 0.842. The van der Waals surface area contributed by atoms with E-state index in [1.54, 1.807) is 18.2 Å². The number of carbonyl (C=O) groups is 3. The van der Waals surface area contributed by atoms with Crippen molar-refractivity contribution in [2.75, 3.05) is 13.2 Å². The minimum Gasteiger partial charge on any atom is -0.490 e. The highest BCUT2D eigenvalue weighted by Gasteiger charge is 2.47. The monoisotopic (exact) mass is 384 g/mol. The van der Waals surface area contributed by atoms with Gasteiger partial charge in [-0.05, 0) is 25.0 Å². The van der Waals surface area contributed by atoms with Crippen LogP contribution in [0.25, 0.3) is 0 Å². The van der Waals surface area contributed by atoms with Gasteiger partial charge in [0, 0.05) is 17.1 Å². The van der Waals surface area contributed by atoms with Crippen molar-refractivity contribution in [3.63, 3.8) is 0 Å². The summed E-state index contributed by atoms with van der Waals surface area (Å²) in [5.74, 6) is -1.17. The molecule has 1 saturated carbocycles. The van der Waals surface area contributed by atoms with E-state index in [2.05, 4.69) is 0 Å². The zero-order valence-electron chi connectivity index (χ0n) is 13.5. The summed E-state index contributed by atoms with van der Waals surface area (Å²) in [6, 6.07) is 4.05. The van der Waals surface area contributed by atoms with Gasteiger partial charge >= 0.3 is 17.8 Å². The molecule has 0 bridgehead atoms. The van der Waals surface area contributed by atoms with Crippen molar-refractivity contribution in [2.24, 2.45) is 0 Å². The molecule has 1 heterocycles. The fourth-order valence-corrected chi connectivity index (χ4v) is 3.55. The summed E-state index contributed by atoms with van der Waals surface area (Å²) in [4.78, 5) is 38.9. The first kappa shape index (κ1) is 18.0. The van der Waals surface area contributed by atoms with Crippen molar-refractivity contribution in [1.29, 1.82) is 0 Å². The number of hydrogen-bond donors (Lipinski definition) is 0. The Hall–Kier alpha value is -1.79. The Labute approximate surface area is 155 Å². The molecule has 0 radical (unpaired) electrons. The fraction of sp³-hybridized carbons (Fsp3) is 0.471. The summed E-state index contributed by atoms with van der Waals surface area (Å²) in [5.41, 5.74) is 0. The van der Waals surface area contributed by atoms with Gasteiger partial charge in [-0.2, -0.15) is 0 Å². The molecule has 1 saturated heterocycles. The van der Waals surface area contributed by atoms with Gasteiger partial charge in [0.2, 0.25) is 0 Å². The van der Waals surface area contributed by atoms with E-state index < -0.39 is 17.8 Å².